The van der Waals surface area contributed by atoms with E-state index in [0.717, 1.165) is 13.1 Å². The first-order chi connectivity index (χ1) is 4.43. The van der Waals surface area contributed by atoms with Gasteiger partial charge < -0.3 is 10.3 Å². The van der Waals surface area contributed by atoms with Gasteiger partial charge in [-0.15, -0.1) is 0 Å². The van der Waals surface area contributed by atoms with Gasteiger partial charge in [-0.25, -0.2) is 5.43 Å². The number of hydrazine groups is 1. The molecule has 1 saturated heterocycles. The van der Waals surface area contributed by atoms with E-state index in [1.54, 1.807) is 0 Å². The molecule has 0 amide bonds. The first-order valence-corrected chi connectivity index (χ1v) is 3.27. The molecule has 0 aromatic heterocycles. The number of hydrogen-bond acceptors (Lipinski definition) is 3. The predicted molar refractivity (Wildman–Crippen MR) is 37.5 cm³/mol. The Balaban J connectivity index is 2.18. The molecule has 1 aliphatic rings. The summed E-state index contributed by atoms with van der Waals surface area (Å²) in [6.07, 6.45) is 5.17. The van der Waals surface area contributed by atoms with E-state index in [4.69, 9.17) is 0 Å². The van der Waals surface area contributed by atoms with Gasteiger partial charge in [0, 0.05) is 32.5 Å². The second kappa shape index (κ2) is 3.35. The van der Waals surface area contributed by atoms with Crippen LogP contribution in [0.25, 0.3) is 0 Å². The molecule has 1 rings (SSSR count). The van der Waals surface area contributed by atoms with Crippen molar-refractivity contribution < 1.29 is 0 Å². The normalized spacial score (nSPS) is 19.4. The quantitative estimate of drug-likeness (QED) is 0.542. The second-order valence-corrected chi connectivity index (χ2v) is 2.06. The number of nitrogens with one attached hydrogen (secondary N) is 2. The van der Waals surface area contributed by atoms with Crippen molar-refractivity contribution in [1.29, 1.82) is 0 Å². The van der Waals surface area contributed by atoms with Crippen molar-refractivity contribution in [2.75, 3.05) is 20.1 Å². The highest BCUT2D eigenvalue weighted by atomic mass is 15.5. The van der Waals surface area contributed by atoms with Gasteiger partial charge in [0.15, 0.2) is 0 Å². The van der Waals surface area contributed by atoms with Crippen LogP contribution in [0.1, 0.15) is 6.42 Å². The Morgan fingerprint density at radius 2 is 2.56 bits per heavy atom. The van der Waals surface area contributed by atoms with Crippen LogP contribution in [0.5, 0.6) is 0 Å². The highest BCUT2D eigenvalue weighted by Gasteiger charge is 2.03. The predicted octanol–water partition coefficient (Wildman–Crippen LogP) is -0.113. The highest BCUT2D eigenvalue weighted by Crippen LogP contribution is 1.94. The monoisotopic (exact) mass is 127 g/mol. The van der Waals surface area contributed by atoms with Gasteiger partial charge in [0.25, 0.3) is 0 Å². The molecule has 2 N–H and O–H groups in total. The molecule has 1 heterocycles. The molecule has 1 aliphatic heterocycles. The summed E-state index contributed by atoms with van der Waals surface area (Å²) >= 11 is 0. The smallest absolute Gasteiger partial charge is 0.0351 e. The average molecular weight is 127 g/mol. The molecule has 9 heavy (non-hydrogen) atoms. The minimum Gasteiger partial charge on any atom is -0.393 e. The first kappa shape index (κ1) is 6.42. The molecule has 3 nitrogen and oxygen atoms in total. The summed E-state index contributed by atoms with van der Waals surface area (Å²) < 4.78 is 0. The van der Waals surface area contributed by atoms with Gasteiger partial charge in [-0.2, -0.15) is 0 Å². The fraction of sp³-hybridized carbons (Fsp3) is 0.667. The van der Waals surface area contributed by atoms with Crippen molar-refractivity contribution in [3.05, 3.63) is 12.4 Å². The molecular weight excluding hydrogens is 114 g/mol. The van der Waals surface area contributed by atoms with E-state index in [9.17, 15) is 0 Å². The van der Waals surface area contributed by atoms with Gasteiger partial charge in [-0.3, -0.25) is 0 Å². The summed E-state index contributed by atoms with van der Waals surface area (Å²) in [7, 11) is 1.90. The van der Waals surface area contributed by atoms with Gasteiger partial charge >= 0.3 is 0 Å². The van der Waals surface area contributed by atoms with Crippen molar-refractivity contribution in [1.82, 2.24) is 15.8 Å². The van der Waals surface area contributed by atoms with Gasteiger partial charge in [-0.05, 0) is 6.42 Å². The summed E-state index contributed by atoms with van der Waals surface area (Å²) in [4.78, 5) is 0. The zero-order valence-electron chi connectivity index (χ0n) is 5.72. The Bertz CT molecular complexity index is 94.5. The second-order valence-electron chi connectivity index (χ2n) is 2.06. The molecule has 3 heteroatoms. The lowest BCUT2D eigenvalue weighted by molar-refractivity contribution is 0.357. The lowest BCUT2D eigenvalue weighted by Gasteiger charge is -2.09. The first-order valence-electron chi connectivity index (χ1n) is 3.27. The van der Waals surface area contributed by atoms with E-state index in [1.807, 2.05) is 19.4 Å². The maximum absolute atomic E-state index is 3.20. The van der Waals surface area contributed by atoms with Crippen LogP contribution in [-0.2, 0) is 0 Å². The third-order valence-electron chi connectivity index (χ3n) is 1.31. The summed E-state index contributed by atoms with van der Waals surface area (Å²) in [6.45, 7) is 2.23. The molecule has 0 unspecified atom stereocenters. The van der Waals surface area contributed by atoms with Crippen LogP contribution in [0.4, 0.5) is 0 Å². The summed E-state index contributed by atoms with van der Waals surface area (Å²) in [5, 5.41) is 5.01. The van der Waals surface area contributed by atoms with Crippen LogP contribution in [0, 0.1) is 0 Å². The minimum absolute atomic E-state index is 1.11. The summed E-state index contributed by atoms with van der Waals surface area (Å²) in [6, 6.07) is 0. The van der Waals surface area contributed by atoms with E-state index in [2.05, 4.69) is 15.8 Å². The fourth-order valence-electron chi connectivity index (χ4n) is 0.843. The third-order valence-corrected chi connectivity index (χ3v) is 1.31. The molecule has 0 bridgehead atoms. The van der Waals surface area contributed by atoms with Crippen molar-refractivity contribution >= 4 is 0 Å². The topological polar surface area (TPSA) is 27.3 Å². The minimum atomic E-state index is 1.11. The molecule has 1 fully saturated rings. The van der Waals surface area contributed by atoms with Gasteiger partial charge in [-0.1, -0.05) is 0 Å². The fourth-order valence-corrected chi connectivity index (χ4v) is 0.843. The lowest BCUT2D eigenvalue weighted by atomic mass is 10.5. The number of rotatable bonds is 2. The highest BCUT2D eigenvalue weighted by molar-refractivity contribution is 4.79. The Morgan fingerprint density at radius 3 is 3.11 bits per heavy atom. The Kier molecular flexibility index (Phi) is 2.39. The van der Waals surface area contributed by atoms with Crippen LogP contribution in [-0.4, -0.2) is 25.1 Å². The SMILES string of the molecule is CN/C=C\N1CCCN1. The van der Waals surface area contributed by atoms with Crippen molar-refractivity contribution in [2.45, 2.75) is 6.42 Å². The summed E-state index contributed by atoms with van der Waals surface area (Å²) in [5.74, 6) is 0. The van der Waals surface area contributed by atoms with E-state index >= 15 is 0 Å². The van der Waals surface area contributed by atoms with Crippen LogP contribution in [0.3, 0.4) is 0 Å². The molecule has 0 spiro atoms. The van der Waals surface area contributed by atoms with E-state index < -0.39 is 0 Å². The molecule has 0 radical (unpaired) electrons. The van der Waals surface area contributed by atoms with Crippen LogP contribution < -0.4 is 10.7 Å². The number of hydrogen-bond donors (Lipinski definition) is 2. The Morgan fingerprint density at radius 1 is 1.67 bits per heavy atom. The Labute approximate surface area is 55.7 Å². The van der Waals surface area contributed by atoms with Crippen molar-refractivity contribution in [3.8, 4) is 0 Å². The molecule has 0 aromatic carbocycles. The van der Waals surface area contributed by atoms with Crippen LogP contribution >= 0.6 is 0 Å². The van der Waals surface area contributed by atoms with Crippen molar-refractivity contribution in [3.63, 3.8) is 0 Å². The maximum Gasteiger partial charge on any atom is 0.0351 e. The molecule has 52 valence electrons. The Hall–Kier alpha value is -0.700. The van der Waals surface area contributed by atoms with Crippen molar-refractivity contribution in [2.24, 2.45) is 0 Å². The van der Waals surface area contributed by atoms with E-state index in [1.165, 1.54) is 6.42 Å². The zero-order valence-corrected chi connectivity index (χ0v) is 5.72. The molecule has 0 aromatic rings. The molecule has 0 saturated carbocycles. The van der Waals surface area contributed by atoms with Gasteiger partial charge in [0.05, 0.1) is 0 Å². The lowest BCUT2D eigenvalue weighted by Crippen LogP contribution is -2.25. The maximum atomic E-state index is 3.20. The van der Waals surface area contributed by atoms with Crippen LogP contribution in [0.15, 0.2) is 12.4 Å². The largest absolute Gasteiger partial charge is 0.393 e. The standard InChI is InChI=1S/C6H13N3/c1-7-4-6-9-5-2-3-8-9/h4,6-8H,2-3,5H2,1H3/b6-4-. The number of nitrogens with zero attached hydrogens (tertiary/aromatic N) is 1. The molecule has 0 atom stereocenters. The van der Waals surface area contributed by atoms with E-state index in [0.29, 0.717) is 0 Å². The van der Waals surface area contributed by atoms with Gasteiger partial charge in [0.1, 0.15) is 0 Å². The molecular formula is C6H13N3. The van der Waals surface area contributed by atoms with E-state index in [-0.39, 0.29) is 0 Å². The third kappa shape index (κ3) is 1.93. The average Bonchev–Trinajstić information content (AvgIpc) is 2.34. The summed E-state index contributed by atoms with van der Waals surface area (Å²) in [5.41, 5.74) is 3.20. The molecule has 0 aliphatic carbocycles. The van der Waals surface area contributed by atoms with Gasteiger partial charge in [0.2, 0.25) is 0 Å². The van der Waals surface area contributed by atoms with Crippen LogP contribution in [0.2, 0.25) is 0 Å². The zero-order chi connectivity index (χ0) is 6.53.